The van der Waals surface area contributed by atoms with Crippen LogP contribution in [0.2, 0.25) is 0 Å². The van der Waals surface area contributed by atoms with Gasteiger partial charge in [-0.2, -0.15) is 16.7 Å². The molecule has 2 unspecified atom stereocenters. The Labute approximate surface area is 180 Å². The molecule has 0 aliphatic carbocycles. The Bertz CT molecular complexity index is 1030. The van der Waals surface area contributed by atoms with Gasteiger partial charge in [-0.3, -0.25) is 0 Å². The van der Waals surface area contributed by atoms with Crippen LogP contribution < -0.4 is 9.64 Å². The van der Waals surface area contributed by atoms with E-state index in [1.54, 1.807) is 0 Å². The van der Waals surface area contributed by atoms with Crippen LogP contribution in [0.15, 0.2) is 24.4 Å². The predicted octanol–water partition coefficient (Wildman–Crippen LogP) is 4.21. The monoisotopic (exact) mass is 425 g/mol. The first-order valence-corrected chi connectivity index (χ1v) is 11.7. The fourth-order valence-electron chi connectivity index (χ4n) is 4.18. The van der Waals surface area contributed by atoms with Crippen LogP contribution in [0.3, 0.4) is 0 Å². The van der Waals surface area contributed by atoms with Crippen molar-refractivity contribution >= 4 is 28.6 Å². The maximum atomic E-state index is 5.72. The molecule has 3 aromatic heterocycles. The van der Waals surface area contributed by atoms with Crippen LogP contribution in [-0.2, 0) is 4.74 Å². The highest BCUT2D eigenvalue weighted by Gasteiger charge is 2.26. The third-order valence-electron chi connectivity index (χ3n) is 5.69. The summed E-state index contributed by atoms with van der Waals surface area (Å²) in [5.74, 6) is 3.51. The SMILES string of the molecule is CCOc1cc(-c2nc(C3CCCS3)cc(N3CCOCC3C)n2)c2cc[nH]c2n1. The third kappa shape index (κ3) is 3.74. The summed E-state index contributed by atoms with van der Waals surface area (Å²) in [6.07, 6.45) is 4.31. The fourth-order valence-corrected chi connectivity index (χ4v) is 5.43. The normalized spacial score (nSPS) is 22.0. The number of hydrogen-bond acceptors (Lipinski definition) is 7. The van der Waals surface area contributed by atoms with Crippen LogP contribution in [0.4, 0.5) is 5.82 Å². The van der Waals surface area contributed by atoms with Gasteiger partial charge in [0.15, 0.2) is 5.82 Å². The maximum absolute atomic E-state index is 5.72. The lowest BCUT2D eigenvalue weighted by molar-refractivity contribution is 0.0985. The van der Waals surface area contributed by atoms with E-state index in [4.69, 9.17) is 19.4 Å². The molecule has 2 fully saturated rings. The molecule has 158 valence electrons. The molecular weight excluding hydrogens is 398 g/mol. The van der Waals surface area contributed by atoms with E-state index >= 15 is 0 Å². The van der Waals surface area contributed by atoms with Gasteiger partial charge in [-0.05, 0) is 38.5 Å². The molecule has 5 rings (SSSR count). The van der Waals surface area contributed by atoms with E-state index < -0.39 is 0 Å². The number of thioether (sulfide) groups is 1. The highest BCUT2D eigenvalue weighted by molar-refractivity contribution is 7.99. The number of pyridine rings is 1. The Morgan fingerprint density at radius 1 is 1.30 bits per heavy atom. The van der Waals surface area contributed by atoms with Gasteiger partial charge in [0.2, 0.25) is 5.88 Å². The van der Waals surface area contributed by atoms with Crippen molar-refractivity contribution in [3.8, 4) is 17.3 Å². The summed E-state index contributed by atoms with van der Waals surface area (Å²) in [7, 11) is 0. The minimum Gasteiger partial charge on any atom is -0.478 e. The lowest BCUT2D eigenvalue weighted by Crippen LogP contribution is -2.44. The number of H-pyrrole nitrogens is 1. The Balaban J connectivity index is 1.65. The molecule has 0 amide bonds. The number of anilines is 1. The zero-order valence-corrected chi connectivity index (χ0v) is 18.2. The first-order chi connectivity index (χ1) is 14.7. The molecule has 2 saturated heterocycles. The zero-order valence-electron chi connectivity index (χ0n) is 17.4. The van der Waals surface area contributed by atoms with Gasteiger partial charge in [0.05, 0.1) is 31.6 Å². The number of nitrogens with zero attached hydrogens (tertiary/aromatic N) is 4. The molecule has 2 atom stereocenters. The quantitative estimate of drug-likeness (QED) is 0.656. The summed E-state index contributed by atoms with van der Waals surface area (Å²) in [4.78, 5) is 20.2. The molecule has 5 heterocycles. The van der Waals surface area contributed by atoms with Crippen LogP contribution in [0.5, 0.6) is 5.88 Å². The van der Waals surface area contributed by atoms with E-state index in [-0.39, 0.29) is 6.04 Å². The Morgan fingerprint density at radius 3 is 3.03 bits per heavy atom. The van der Waals surface area contributed by atoms with E-state index in [1.807, 2.05) is 37.0 Å². The number of nitrogens with one attached hydrogen (secondary N) is 1. The number of aromatic amines is 1. The smallest absolute Gasteiger partial charge is 0.215 e. The highest BCUT2D eigenvalue weighted by atomic mass is 32.2. The van der Waals surface area contributed by atoms with Gasteiger partial charge in [0.1, 0.15) is 11.5 Å². The zero-order chi connectivity index (χ0) is 20.5. The highest BCUT2D eigenvalue weighted by Crippen LogP contribution is 2.41. The third-order valence-corrected chi connectivity index (χ3v) is 7.10. The summed E-state index contributed by atoms with van der Waals surface area (Å²) in [5.41, 5.74) is 2.87. The van der Waals surface area contributed by atoms with E-state index in [2.05, 4.69) is 27.9 Å². The molecule has 3 aromatic rings. The van der Waals surface area contributed by atoms with Crippen LogP contribution in [-0.4, -0.2) is 58.1 Å². The molecule has 1 N–H and O–H groups in total. The molecule has 0 aromatic carbocycles. The van der Waals surface area contributed by atoms with Crippen molar-refractivity contribution in [2.24, 2.45) is 0 Å². The minimum absolute atomic E-state index is 0.286. The van der Waals surface area contributed by atoms with Crippen molar-refractivity contribution in [3.63, 3.8) is 0 Å². The van der Waals surface area contributed by atoms with Crippen LogP contribution >= 0.6 is 11.8 Å². The molecule has 0 spiro atoms. The summed E-state index contributed by atoms with van der Waals surface area (Å²) in [5, 5.41) is 1.44. The lowest BCUT2D eigenvalue weighted by Gasteiger charge is -2.34. The second-order valence-electron chi connectivity index (χ2n) is 7.77. The lowest BCUT2D eigenvalue weighted by atomic mass is 10.1. The number of fused-ring (bicyclic) bond motifs is 1. The molecular formula is C22H27N5O2S. The first kappa shape index (κ1) is 19.6. The number of aromatic nitrogens is 4. The minimum atomic E-state index is 0.286. The van der Waals surface area contributed by atoms with Crippen LogP contribution in [0.25, 0.3) is 22.4 Å². The van der Waals surface area contributed by atoms with Crippen LogP contribution in [0, 0.1) is 0 Å². The largest absolute Gasteiger partial charge is 0.478 e. The van der Waals surface area contributed by atoms with Crippen molar-refractivity contribution < 1.29 is 9.47 Å². The summed E-state index contributed by atoms with van der Waals surface area (Å²) in [6.45, 7) is 7.01. The van der Waals surface area contributed by atoms with Crippen molar-refractivity contribution in [2.75, 3.05) is 37.0 Å². The second kappa shape index (κ2) is 8.43. The second-order valence-corrected chi connectivity index (χ2v) is 9.09. The van der Waals surface area contributed by atoms with Crippen molar-refractivity contribution in [3.05, 3.63) is 30.1 Å². The molecule has 7 nitrogen and oxygen atoms in total. The van der Waals surface area contributed by atoms with E-state index in [0.717, 1.165) is 53.7 Å². The van der Waals surface area contributed by atoms with Gasteiger partial charge in [0.25, 0.3) is 0 Å². The molecule has 8 heteroatoms. The van der Waals surface area contributed by atoms with E-state index in [1.165, 1.54) is 18.6 Å². The van der Waals surface area contributed by atoms with Crippen molar-refractivity contribution in [1.29, 1.82) is 0 Å². The predicted molar refractivity (Wildman–Crippen MR) is 120 cm³/mol. The number of morpholine rings is 1. The Morgan fingerprint density at radius 2 is 2.23 bits per heavy atom. The molecule has 0 radical (unpaired) electrons. The summed E-state index contributed by atoms with van der Waals surface area (Å²) < 4.78 is 11.4. The molecule has 2 aliphatic rings. The summed E-state index contributed by atoms with van der Waals surface area (Å²) in [6, 6.07) is 6.47. The molecule has 0 saturated carbocycles. The van der Waals surface area contributed by atoms with E-state index in [9.17, 15) is 0 Å². The first-order valence-electron chi connectivity index (χ1n) is 10.7. The molecule has 0 bridgehead atoms. The van der Waals surface area contributed by atoms with Crippen LogP contribution in [0.1, 0.15) is 37.6 Å². The van der Waals surface area contributed by atoms with Gasteiger partial charge in [0, 0.05) is 41.1 Å². The molecule has 30 heavy (non-hydrogen) atoms. The van der Waals surface area contributed by atoms with Gasteiger partial charge in [-0.25, -0.2) is 9.97 Å². The van der Waals surface area contributed by atoms with Crippen molar-refractivity contribution in [1.82, 2.24) is 19.9 Å². The van der Waals surface area contributed by atoms with Gasteiger partial charge < -0.3 is 19.4 Å². The van der Waals surface area contributed by atoms with Crippen molar-refractivity contribution in [2.45, 2.75) is 38.0 Å². The number of hydrogen-bond donors (Lipinski definition) is 1. The van der Waals surface area contributed by atoms with Gasteiger partial charge in [-0.1, -0.05) is 0 Å². The number of rotatable bonds is 5. The Kier molecular flexibility index (Phi) is 5.52. The topological polar surface area (TPSA) is 76.2 Å². The van der Waals surface area contributed by atoms with Gasteiger partial charge in [-0.15, -0.1) is 0 Å². The van der Waals surface area contributed by atoms with E-state index in [0.29, 0.717) is 17.7 Å². The standard InChI is InChI=1S/C22H27N5O2S/c1-3-29-20-11-16(15-6-7-23-21(15)26-20)22-24-17(18-5-4-10-30-18)12-19(25-22)27-8-9-28-13-14(27)2/h6-7,11-12,14,18H,3-5,8-10,13H2,1-2H3,(H,23,26). The maximum Gasteiger partial charge on any atom is 0.215 e. The average Bonchev–Trinajstić information content (AvgIpc) is 3.45. The molecule has 2 aliphatic heterocycles. The fraction of sp³-hybridized carbons (Fsp3) is 0.500. The number of ether oxygens (including phenoxy) is 2. The Hall–Kier alpha value is -2.32. The average molecular weight is 426 g/mol. The van der Waals surface area contributed by atoms with Gasteiger partial charge >= 0.3 is 0 Å². The summed E-state index contributed by atoms with van der Waals surface area (Å²) >= 11 is 2.00.